The maximum absolute atomic E-state index is 9.52. The number of rotatable bonds is 5. The maximum atomic E-state index is 9.52. The van der Waals surface area contributed by atoms with E-state index < -0.39 is 0 Å². The SMILES string of the molecule is COc1ccc(OC)c(/C=C(/C#N)Cn2cnc3ccccc32)c1. The van der Waals surface area contributed by atoms with E-state index in [-0.39, 0.29) is 0 Å². The van der Waals surface area contributed by atoms with Crippen molar-refractivity contribution in [3.63, 3.8) is 0 Å². The molecule has 24 heavy (non-hydrogen) atoms. The molecule has 0 atom stereocenters. The number of hydrogen-bond donors (Lipinski definition) is 0. The summed E-state index contributed by atoms with van der Waals surface area (Å²) in [5.74, 6) is 1.41. The van der Waals surface area contributed by atoms with Crippen LogP contribution in [0.4, 0.5) is 0 Å². The highest BCUT2D eigenvalue weighted by Crippen LogP contribution is 2.26. The Morgan fingerprint density at radius 2 is 2.04 bits per heavy atom. The van der Waals surface area contributed by atoms with Gasteiger partial charge in [0.15, 0.2) is 0 Å². The summed E-state index contributed by atoms with van der Waals surface area (Å²) in [4.78, 5) is 4.36. The third kappa shape index (κ3) is 3.08. The van der Waals surface area contributed by atoms with E-state index in [4.69, 9.17) is 9.47 Å². The molecule has 120 valence electrons. The molecule has 2 aromatic carbocycles. The van der Waals surface area contributed by atoms with E-state index in [2.05, 4.69) is 11.1 Å². The molecule has 5 heteroatoms. The van der Waals surface area contributed by atoms with Crippen molar-refractivity contribution in [2.75, 3.05) is 14.2 Å². The molecule has 0 amide bonds. The fourth-order valence-electron chi connectivity index (χ4n) is 2.57. The lowest BCUT2D eigenvalue weighted by atomic mass is 10.1. The van der Waals surface area contributed by atoms with Gasteiger partial charge in [-0.1, -0.05) is 12.1 Å². The van der Waals surface area contributed by atoms with Crippen LogP contribution in [0.3, 0.4) is 0 Å². The van der Waals surface area contributed by atoms with Gasteiger partial charge in [-0.25, -0.2) is 4.98 Å². The third-order valence-electron chi connectivity index (χ3n) is 3.78. The first kappa shape index (κ1) is 15.6. The molecule has 3 rings (SSSR count). The van der Waals surface area contributed by atoms with Gasteiger partial charge in [-0.15, -0.1) is 0 Å². The summed E-state index contributed by atoms with van der Waals surface area (Å²) in [6.45, 7) is 0.442. The van der Waals surface area contributed by atoms with Crippen LogP contribution in [0.25, 0.3) is 17.1 Å². The molecule has 0 radical (unpaired) electrons. The summed E-state index contributed by atoms with van der Waals surface area (Å²) in [6, 6.07) is 15.6. The van der Waals surface area contributed by atoms with Gasteiger partial charge in [0.2, 0.25) is 0 Å². The molecule has 0 N–H and O–H groups in total. The highest BCUT2D eigenvalue weighted by atomic mass is 16.5. The van der Waals surface area contributed by atoms with E-state index in [0.29, 0.717) is 23.6 Å². The van der Waals surface area contributed by atoms with Gasteiger partial charge in [-0.3, -0.25) is 0 Å². The molecule has 0 spiro atoms. The lowest BCUT2D eigenvalue weighted by molar-refractivity contribution is 0.402. The van der Waals surface area contributed by atoms with Gasteiger partial charge in [0, 0.05) is 5.56 Å². The van der Waals surface area contributed by atoms with Crippen LogP contribution >= 0.6 is 0 Å². The fourth-order valence-corrected chi connectivity index (χ4v) is 2.57. The van der Waals surface area contributed by atoms with Crippen molar-refractivity contribution in [1.29, 1.82) is 5.26 Å². The topological polar surface area (TPSA) is 60.1 Å². The predicted octanol–water partition coefficient (Wildman–Crippen LogP) is 3.66. The van der Waals surface area contributed by atoms with E-state index in [1.165, 1.54) is 0 Å². The monoisotopic (exact) mass is 319 g/mol. The van der Waals surface area contributed by atoms with Crippen molar-refractivity contribution < 1.29 is 9.47 Å². The Labute approximate surface area is 140 Å². The number of benzene rings is 2. The average Bonchev–Trinajstić information content (AvgIpc) is 3.04. The smallest absolute Gasteiger partial charge is 0.126 e. The number of fused-ring (bicyclic) bond motifs is 1. The zero-order valence-electron chi connectivity index (χ0n) is 13.6. The molecule has 0 unspecified atom stereocenters. The van der Waals surface area contributed by atoms with Gasteiger partial charge < -0.3 is 14.0 Å². The Morgan fingerprint density at radius 1 is 1.21 bits per heavy atom. The molecule has 0 aliphatic heterocycles. The lowest BCUT2D eigenvalue weighted by Crippen LogP contribution is -1.99. The van der Waals surface area contributed by atoms with Gasteiger partial charge in [0.1, 0.15) is 11.5 Å². The van der Waals surface area contributed by atoms with Gasteiger partial charge >= 0.3 is 0 Å². The zero-order chi connectivity index (χ0) is 16.9. The summed E-state index contributed by atoms with van der Waals surface area (Å²) in [5.41, 5.74) is 3.31. The normalized spacial score (nSPS) is 11.3. The van der Waals surface area contributed by atoms with E-state index >= 15 is 0 Å². The fraction of sp³-hybridized carbons (Fsp3) is 0.158. The second-order valence-corrected chi connectivity index (χ2v) is 5.25. The van der Waals surface area contributed by atoms with E-state index in [1.807, 2.05) is 53.1 Å². The van der Waals surface area contributed by atoms with Crippen LogP contribution in [0.5, 0.6) is 11.5 Å². The Kier molecular flexibility index (Phi) is 4.48. The number of nitrogens with zero attached hydrogens (tertiary/aromatic N) is 3. The Bertz CT molecular complexity index is 935. The standard InChI is InChI=1S/C19H17N3O2/c1-23-16-7-8-19(24-2)15(10-16)9-14(11-20)12-22-13-21-17-5-3-4-6-18(17)22/h3-10,13H,12H2,1-2H3/b14-9-. The van der Waals surface area contributed by atoms with Crippen molar-refractivity contribution in [1.82, 2.24) is 9.55 Å². The first-order valence-electron chi connectivity index (χ1n) is 7.47. The molecule has 0 bridgehead atoms. The van der Waals surface area contributed by atoms with Crippen LogP contribution < -0.4 is 9.47 Å². The Hall–Kier alpha value is -3.26. The van der Waals surface area contributed by atoms with Crippen LogP contribution in [-0.4, -0.2) is 23.8 Å². The molecule has 5 nitrogen and oxygen atoms in total. The van der Waals surface area contributed by atoms with Crippen molar-refractivity contribution in [2.24, 2.45) is 0 Å². The first-order chi connectivity index (χ1) is 11.7. The molecule has 1 aromatic heterocycles. The molecular weight excluding hydrogens is 302 g/mol. The number of aromatic nitrogens is 2. The third-order valence-corrected chi connectivity index (χ3v) is 3.78. The van der Waals surface area contributed by atoms with Crippen molar-refractivity contribution in [3.8, 4) is 17.6 Å². The molecule has 0 aliphatic rings. The number of nitriles is 1. The summed E-state index contributed by atoms with van der Waals surface area (Å²) in [7, 11) is 3.21. The van der Waals surface area contributed by atoms with Gasteiger partial charge in [-0.2, -0.15) is 5.26 Å². The van der Waals surface area contributed by atoms with E-state index in [1.54, 1.807) is 20.5 Å². The number of ether oxygens (including phenoxy) is 2. The average molecular weight is 319 g/mol. The number of methoxy groups -OCH3 is 2. The van der Waals surface area contributed by atoms with E-state index in [0.717, 1.165) is 16.6 Å². The van der Waals surface area contributed by atoms with Gasteiger partial charge in [0.25, 0.3) is 0 Å². The zero-order valence-corrected chi connectivity index (χ0v) is 13.6. The molecule has 0 fully saturated rings. The second kappa shape index (κ2) is 6.88. The van der Waals surface area contributed by atoms with Crippen LogP contribution in [0.1, 0.15) is 5.56 Å². The minimum Gasteiger partial charge on any atom is -0.497 e. The minimum atomic E-state index is 0.442. The highest BCUT2D eigenvalue weighted by Gasteiger charge is 2.07. The molecule has 0 aliphatic carbocycles. The van der Waals surface area contributed by atoms with Gasteiger partial charge in [-0.05, 0) is 36.4 Å². The van der Waals surface area contributed by atoms with Crippen molar-refractivity contribution in [2.45, 2.75) is 6.54 Å². The molecule has 0 saturated heterocycles. The Balaban J connectivity index is 1.97. The number of hydrogen-bond acceptors (Lipinski definition) is 4. The summed E-state index contributed by atoms with van der Waals surface area (Å²) in [6.07, 6.45) is 3.56. The number of imidazole rings is 1. The summed E-state index contributed by atoms with van der Waals surface area (Å²) in [5, 5.41) is 9.52. The second-order valence-electron chi connectivity index (χ2n) is 5.25. The molecule has 1 heterocycles. The molecule has 3 aromatic rings. The Morgan fingerprint density at radius 3 is 2.79 bits per heavy atom. The maximum Gasteiger partial charge on any atom is 0.126 e. The quantitative estimate of drug-likeness (QED) is 0.673. The minimum absolute atomic E-state index is 0.442. The summed E-state index contributed by atoms with van der Waals surface area (Å²) >= 11 is 0. The number of allylic oxidation sites excluding steroid dienone is 1. The van der Waals surface area contributed by atoms with Crippen LogP contribution in [0, 0.1) is 11.3 Å². The largest absolute Gasteiger partial charge is 0.497 e. The van der Waals surface area contributed by atoms with Crippen molar-refractivity contribution >= 4 is 17.1 Å². The molecular formula is C19H17N3O2. The van der Waals surface area contributed by atoms with Crippen LogP contribution in [0.15, 0.2) is 54.4 Å². The number of para-hydroxylation sites is 2. The van der Waals surface area contributed by atoms with Crippen LogP contribution in [-0.2, 0) is 6.54 Å². The highest BCUT2D eigenvalue weighted by molar-refractivity contribution is 5.75. The lowest BCUT2D eigenvalue weighted by Gasteiger charge is -2.08. The summed E-state index contributed by atoms with van der Waals surface area (Å²) < 4.78 is 12.6. The van der Waals surface area contributed by atoms with Crippen molar-refractivity contribution in [3.05, 3.63) is 59.9 Å². The predicted molar refractivity (Wildman–Crippen MR) is 92.9 cm³/mol. The van der Waals surface area contributed by atoms with Gasteiger partial charge in [0.05, 0.1) is 49.8 Å². The van der Waals surface area contributed by atoms with E-state index in [9.17, 15) is 5.26 Å². The first-order valence-corrected chi connectivity index (χ1v) is 7.47. The molecule has 0 saturated carbocycles. The van der Waals surface area contributed by atoms with Crippen LogP contribution in [0.2, 0.25) is 0 Å².